The molecule has 0 radical (unpaired) electrons. The summed E-state index contributed by atoms with van der Waals surface area (Å²) in [5.41, 5.74) is 1.15. The molecular formula is C20H24N4O5. The first-order valence-corrected chi connectivity index (χ1v) is 9.34. The number of anilines is 2. The molecule has 3 rings (SSSR count). The Kier molecular flexibility index (Phi) is 6.63. The molecule has 0 atom stereocenters. The lowest BCUT2D eigenvalue weighted by Crippen LogP contribution is -2.47. The van der Waals surface area contributed by atoms with Gasteiger partial charge in [0.2, 0.25) is 0 Å². The zero-order valence-corrected chi connectivity index (χ0v) is 16.2. The Morgan fingerprint density at radius 3 is 2.62 bits per heavy atom. The number of nitrogens with one attached hydrogen (secondary N) is 1. The van der Waals surface area contributed by atoms with Crippen LogP contribution in [-0.2, 0) is 0 Å². The van der Waals surface area contributed by atoms with Gasteiger partial charge in [-0.2, -0.15) is 0 Å². The average Bonchev–Trinajstić information content (AvgIpc) is 2.74. The number of carbonyl (C=O) groups is 1. The first-order valence-electron chi connectivity index (χ1n) is 9.34. The lowest BCUT2D eigenvalue weighted by atomic mass is 10.1. The fourth-order valence-electron chi connectivity index (χ4n) is 3.34. The highest BCUT2D eigenvalue weighted by Crippen LogP contribution is 2.30. The number of benzene rings is 2. The molecule has 1 aliphatic heterocycles. The maximum atomic E-state index is 12.6. The van der Waals surface area contributed by atoms with Gasteiger partial charge in [0.05, 0.1) is 18.6 Å². The van der Waals surface area contributed by atoms with Crippen molar-refractivity contribution >= 4 is 23.0 Å². The van der Waals surface area contributed by atoms with Crippen LogP contribution in [0.25, 0.3) is 0 Å². The van der Waals surface area contributed by atoms with E-state index in [1.807, 2.05) is 4.90 Å². The van der Waals surface area contributed by atoms with E-state index in [2.05, 4.69) is 10.2 Å². The Bertz CT molecular complexity index is 881. The molecule has 2 N–H and O–H groups in total. The normalized spacial score (nSPS) is 14.5. The maximum absolute atomic E-state index is 12.6. The summed E-state index contributed by atoms with van der Waals surface area (Å²) in [5.74, 6) is 0.171. The molecule has 1 aliphatic rings. The fourth-order valence-corrected chi connectivity index (χ4v) is 3.34. The van der Waals surface area contributed by atoms with Crippen LogP contribution < -0.4 is 15.0 Å². The number of methoxy groups -OCH3 is 1. The molecule has 1 saturated heterocycles. The van der Waals surface area contributed by atoms with Crippen LogP contribution in [0.1, 0.15) is 10.4 Å². The number of carbonyl (C=O) groups excluding carboxylic acids is 1. The molecule has 0 aromatic heterocycles. The summed E-state index contributed by atoms with van der Waals surface area (Å²) in [4.78, 5) is 27.8. The summed E-state index contributed by atoms with van der Waals surface area (Å²) >= 11 is 0. The van der Waals surface area contributed by atoms with Crippen LogP contribution in [0.3, 0.4) is 0 Å². The Balaban J connectivity index is 1.77. The van der Waals surface area contributed by atoms with Crippen molar-refractivity contribution in [2.45, 2.75) is 0 Å². The van der Waals surface area contributed by atoms with Gasteiger partial charge in [-0.25, -0.2) is 0 Å². The average molecular weight is 400 g/mol. The third kappa shape index (κ3) is 5.01. The molecule has 29 heavy (non-hydrogen) atoms. The SMILES string of the molecule is COc1cccc(NC(=O)c2ccc(N3CCN(CCO)CC3)c([N+](=O)[O-])c2)c1. The van der Waals surface area contributed by atoms with Gasteiger partial charge in [0, 0.05) is 56.1 Å². The third-order valence-corrected chi connectivity index (χ3v) is 4.89. The second-order valence-corrected chi connectivity index (χ2v) is 6.70. The van der Waals surface area contributed by atoms with Crippen molar-refractivity contribution in [3.05, 3.63) is 58.1 Å². The van der Waals surface area contributed by atoms with Crippen LogP contribution in [-0.4, -0.2) is 67.3 Å². The lowest BCUT2D eigenvalue weighted by molar-refractivity contribution is -0.384. The van der Waals surface area contributed by atoms with Crippen LogP contribution in [0.5, 0.6) is 5.75 Å². The fraction of sp³-hybridized carbons (Fsp3) is 0.350. The van der Waals surface area contributed by atoms with Crippen molar-refractivity contribution < 1.29 is 19.6 Å². The number of amides is 1. The number of β-amino-alcohol motifs (C(OH)–C–C–N with tert-alkyl or cyclic N) is 1. The zero-order valence-electron chi connectivity index (χ0n) is 16.2. The van der Waals surface area contributed by atoms with Crippen molar-refractivity contribution in [1.82, 2.24) is 4.90 Å². The lowest BCUT2D eigenvalue weighted by Gasteiger charge is -2.35. The molecule has 0 saturated carbocycles. The van der Waals surface area contributed by atoms with E-state index in [0.29, 0.717) is 36.8 Å². The quantitative estimate of drug-likeness (QED) is 0.540. The van der Waals surface area contributed by atoms with E-state index in [4.69, 9.17) is 9.84 Å². The molecule has 9 nitrogen and oxygen atoms in total. The molecule has 1 fully saturated rings. The molecule has 1 amide bonds. The molecule has 0 bridgehead atoms. The van der Waals surface area contributed by atoms with Gasteiger partial charge in [0.25, 0.3) is 11.6 Å². The summed E-state index contributed by atoms with van der Waals surface area (Å²) in [6.07, 6.45) is 0. The van der Waals surface area contributed by atoms with Gasteiger partial charge >= 0.3 is 0 Å². The van der Waals surface area contributed by atoms with Gasteiger partial charge in [0.15, 0.2) is 0 Å². The van der Waals surface area contributed by atoms with E-state index >= 15 is 0 Å². The van der Waals surface area contributed by atoms with Gasteiger partial charge in [-0.3, -0.25) is 19.8 Å². The third-order valence-electron chi connectivity index (χ3n) is 4.89. The minimum atomic E-state index is -0.461. The molecule has 2 aromatic carbocycles. The Morgan fingerprint density at radius 1 is 1.21 bits per heavy atom. The van der Waals surface area contributed by atoms with Crippen molar-refractivity contribution in [1.29, 1.82) is 0 Å². The van der Waals surface area contributed by atoms with Crippen LogP contribution in [0.15, 0.2) is 42.5 Å². The molecule has 9 heteroatoms. The van der Waals surface area contributed by atoms with Crippen LogP contribution >= 0.6 is 0 Å². The standard InChI is InChI=1S/C20H24N4O5/c1-29-17-4-2-3-16(14-17)21-20(26)15-5-6-18(19(13-15)24(27)28)23-9-7-22(8-10-23)11-12-25/h2-6,13-14,25H,7-12H2,1H3,(H,21,26). The second-order valence-electron chi connectivity index (χ2n) is 6.70. The van der Waals surface area contributed by atoms with Crippen molar-refractivity contribution in [3.63, 3.8) is 0 Å². The molecule has 2 aromatic rings. The Hall–Kier alpha value is -3.17. The van der Waals surface area contributed by atoms with E-state index in [0.717, 1.165) is 13.1 Å². The predicted molar refractivity (Wildman–Crippen MR) is 110 cm³/mol. The largest absolute Gasteiger partial charge is 0.497 e. The van der Waals surface area contributed by atoms with Crippen molar-refractivity contribution in [2.24, 2.45) is 0 Å². The first-order chi connectivity index (χ1) is 14.0. The highest BCUT2D eigenvalue weighted by Gasteiger charge is 2.25. The Labute approximate surface area is 168 Å². The minimum absolute atomic E-state index is 0.0945. The monoisotopic (exact) mass is 400 g/mol. The number of hydrogen-bond acceptors (Lipinski definition) is 7. The summed E-state index contributed by atoms with van der Waals surface area (Å²) in [6.45, 7) is 3.37. The van der Waals surface area contributed by atoms with Gasteiger partial charge < -0.3 is 20.1 Å². The van der Waals surface area contributed by atoms with E-state index in [-0.39, 0.29) is 17.9 Å². The number of piperazine rings is 1. The van der Waals surface area contributed by atoms with Crippen LogP contribution in [0, 0.1) is 10.1 Å². The zero-order chi connectivity index (χ0) is 20.8. The van der Waals surface area contributed by atoms with Crippen LogP contribution in [0.4, 0.5) is 17.1 Å². The number of nitro groups is 1. The molecule has 1 heterocycles. The van der Waals surface area contributed by atoms with E-state index in [1.165, 1.54) is 13.2 Å². The smallest absolute Gasteiger partial charge is 0.293 e. The number of aliphatic hydroxyl groups excluding tert-OH is 1. The number of rotatable bonds is 7. The first kappa shape index (κ1) is 20.6. The van der Waals surface area contributed by atoms with Crippen molar-refractivity contribution in [3.8, 4) is 5.75 Å². The highest BCUT2D eigenvalue weighted by molar-refractivity contribution is 6.05. The number of nitrogens with zero attached hydrogens (tertiary/aromatic N) is 3. The number of ether oxygens (including phenoxy) is 1. The van der Waals surface area contributed by atoms with E-state index in [1.54, 1.807) is 36.4 Å². The van der Waals surface area contributed by atoms with Gasteiger partial charge in [-0.05, 0) is 24.3 Å². The maximum Gasteiger partial charge on any atom is 0.293 e. The van der Waals surface area contributed by atoms with Gasteiger partial charge in [0.1, 0.15) is 11.4 Å². The number of nitro benzene ring substituents is 1. The summed E-state index contributed by atoms with van der Waals surface area (Å²) in [5, 5.41) is 23.4. The topological polar surface area (TPSA) is 108 Å². The number of hydrogen-bond donors (Lipinski definition) is 2. The minimum Gasteiger partial charge on any atom is -0.497 e. The number of aliphatic hydroxyl groups is 1. The van der Waals surface area contributed by atoms with E-state index in [9.17, 15) is 14.9 Å². The van der Waals surface area contributed by atoms with Gasteiger partial charge in [-0.15, -0.1) is 0 Å². The van der Waals surface area contributed by atoms with Crippen molar-refractivity contribution in [2.75, 3.05) is 56.7 Å². The summed E-state index contributed by atoms with van der Waals surface area (Å²) in [6, 6.07) is 11.4. The molecule has 0 aliphatic carbocycles. The Morgan fingerprint density at radius 2 is 1.97 bits per heavy atom. The second kappa shape index (κ2) is 9.35. The molecule has 0 unspecified atom stereocenters. The molecule has 154 valence electrons. The molecule has 0 spiro atoms. The highest BCUT2D eigenvalue weighted by atomic mass is 16.6. The van der Waals surface area contributed by atoms with Gasteiger partial charge in [-0.1, -0.05) is 6.07 Å². The summed E-state index contributed by atoms with van der Waals surface area (Å²) < 4.78 is 5.13. The van der Waals surface area contributed by atoms with Crippen LogP contribution in [0.2, 0.25) is 0 Å². The predicted octanol–water partition coefficient (Wildman–Crippen LogP) is 1.97. The van der Waals surface area contributed by atoms with E-state index < -0.39 is 10.8 Å². The molecular weight excluding hydrogens is 376 g/mol. The summed E-state index contributed by atoms with van der Waals surface area (Å²) in [7, 11) is 1.53.